The van der Waals surface area contributed by atoms with Gasteiger partial charge in [-0.1, -0.05) is 22.9 Å². The van der Waals surface area contributed by atoms with Crippen molar-refractivity contribution >= 4 is 44.8 Å². The van der Waals surface area contributed by atoms with Crippen molar-refractivity contribution in [2.75, 3.05) is 19.7 Å². The van der Waals surface area contributed by atoms with Gasteiger partial charge in [-0.3, -0.25) is 4.79 Å². The summed E-state index contributed by atoms with van der Waals surface area (Å²) in [6.07, 6.45) is 0.766. The minimum absolute atomic E-state index is 0.180. The molecule has 0 saturated carbocycles. The van der Waals surface area contributed by atoms with Crippen molar-refractivity contribution in [3.63, 3.8) is 0 Å². The number of thiazole rings is 1. The van der Waals surface area contributed by atoms with Crippen molar-refractivity contribution in [2.45, 2.75) is 31.6 Å². The number of carbonyl (C=O) groups excluding carboxylic acids is 2. The van der Waals surface area contributed by atoms with Crippen LogP contribution in [0.1, 0.15) is 35.1 Å². The SMILES string of the molecule is CCOC(=O)c1sc(=NC(=O)C2CCN(S(=O)(=O)c3ccc(Cl)cc3)CC2)n(C)c1C. The van der Waals surface area contributed by atoms with E-state index >= 15 is 0 Å². The third kappa shape index (κ3) is 5.08. The lowest BCUT2D eigenvalue weighted by atomic mass is 9.98. The maximum atomic E-state index is 12.8. The second kappa shape index (κ2) is 9.64. The molecule has 8 nitrogen and oxygen atoms in total. The highest BCUT2D eigenvalue weighted by Crippen LogP contribution is 2.25. The molecule has 0 radical (unpaired) electrons. The molecule has 31 heavy (non-hydrogen) atoms. The number of nitrogens with zero attached hydrogens (tertiary/aromatic N) is 3. The second-order valence-corrected chi connectivity index (χ2v) is 10.5. The van der Waals surface area contributed by atoms with Gasteiger partial charge < -0.3 is 9.30 Å². The molecule has 1 amide bonds. The fourth-order valence-electron chi connectivity index (χ4n) is 3.30. The van der Waals surface area contributed by atoms with E-state index in [9.17, 15) is 18.0 Å². The average molecular weight is 486 g/mol. The third-order valence-electron chi connectivity index (χ3n) is 5.23. The van der Waals surface area contributed by atoms with Crippen LogP contribution < -0.4 is 4.80 Å². The number of benzene rings is 1. The van der Waals surface area contributed by atoms with Crippen LogP contribution in [0.2, 0.25) is 5.02 Å². The van der Waals surface area contributed by atoms with Gasteiger partial charge in [-0.15, -0.1) is 0 Å². The molecule has 1 aromatic heterocycles. The molecule has 11 heteroatoms. The number of halogens is 1. The van der Waals surface area contributed by atoms with Gasteiger partial charge in [-0.25, -0.2) is 13.2 Å². The predicted molar refractivity (Wildman–Crippen MR) is 117 cm³/mol. The molecule has 3 rings (SSSR count). The molecule has 1 fully saturated rings. The summed E-state index contributed by atoms with van der Waals surface area (Å²) in [6.45, 7) is 4.24. The van der Waals surface area contributed by atoms with Crippen LogP contribution >= 0.6 is 22.9 Å². The second-order valence-electron chi connectivity index (χ2n) is 7.16. The molecule has 0 bridgehead atoms. The molecule has 168 valence electrons. The fraction of sp³-hybridized carbons (Fsp3) is 0.450. The molecule has 1 saturated heterocycles. The van der Waals surface area contributed by atoms with Gasteiger partial charge in [0.05, 0.1) is 11.5 Å². The van der Waals surface area contributed by atoms with E-state index in [1.54, 1.807) is 25.5 Å². The van der Waals surface area contributed by atoms with Gasteiger partial charge in [0.25, 0.3) is 5.91 Å². The Balaban J connectivity index is 1.71. The number of rotatable bonds is 5. The van der Waals surface area contributed by atoms with Crippen molar-refractivity contribution < 1.29 is 22.7 Å². The van der Waals surface area contributed by atoms with Crippen LogP contribution in [0.25, 0.3) is 0 Å². The first kappa shape index (κ1) is 23.6. The molecule has 1 aliphatic heterocycles. The fourth-order valence-corrected chi connectivity index (χ4v) is 5.91. The zero-order valence-corrected chi connectivity index (χ0v) is 19.9. The third-order valence-corrected chi connectivity index (χ3v) is 8.61. The van der Waals surface area contributed by atoms with E-state index < -0.39 is 16.0 Å². The Morgan fingerprint density at radius 1 is 1.23 bits per heavy atom. The van der Waals surface area contributed by atoms with Crippen molar-refractivity contribution in [1.82, 2.24) is 8.87 Å². The minimum Gasteiger partial charge on any atom is -0.462 e. The summed E-state index contributed by atoms with van der Waals surface area (Å²) in [5, 5.41) is 0.466. The normalized spacial score (nSPS) is 16.5. The van der Waals surface area contributed by atoms with E-state index in [1.165, 1.54) is 28.6 Å². The van der Waals surface area contributed by atoms with E-state index in [4.69, 9.17) is 16.3 Å². The Hall–Kier alpha value is -2.01. The molecular formula is C20H24ClN3O5S2. The molecule has 0 N–H and O–H groups in total. The van der Waals surface area contributed by atoms with Crippen LogP contribution in [-0.2, 0) is 26.6 Å². The van der Waals surface area contributed by atoms with Gasteiger partial charge in [-0.2, -0.15) is 9.30 Å². The Kier molecular flexibility index (Phi) is 7.35. The summed E-state index contributed by atoms with van der Waals surface area (Å²) in [5.41, 5.74) is 0.680. The zero-order valence-electron chi connectivity index (χ0n) is 17.5. The van der Waals surface area contributed by atoms with E-state index in [0.29, 0.717) is 33.2 Å². The number of hydrogen-bond donors (Lipinski definition) is 0. The van der Waals surface area contributed by atoms with E-state index in [-0.39, 0.29) is 36.4 Å². The predicted octanol–water partition coefficient (Wildman–Crippen LogP) is 2.75. The topological polar surface area (TPSA) is 98.0 Å². The summed E-state index contributed by atoms with van der Waals surface area (Å²) in [4.78, 5) is 30.0. The monoisotopic (exact) mass is 485 g/mol. The Morgan fingerprint density at radius 2 is 1.84 bits per heavy atom. The first-order chi connectivity index (χ1) is 14.6. The highest BCUT2D eigenvalue weighted by Gasteiger charge is 2.32. The number of hydrogen-bond acceptors (Lipinski definition) is 6. The lowest BCUT2D eigenvalue weighted by Crippen LogP contribution is -2.40. The standard InChI is InChI=1S/C20H24ClN3O5S2/c1-4-29-19(26)17-13(2)23(3)20(30-17)22-18(25)14-9-11-24(12-10-14)31(27,28)16-7-5-15(21)6-8-16/h5-8,14H,4,9-12H2,1-3H3. The van der Waals surface area contributed by atoms with Crippen LogP contribution in [0.5, 0.6) is 0 Å². The van der Waals surface area contributed by atoms with Gasteiger partial charge in [0.1, 0.15) is 4.88 Å². The van der Waals surface area contributed by atoms with Gasteiger partial charge >= 0.3 is 5.97 Å². The van der Waals surface area contributed by atoms with Crippen LogP contribution in [0, 0.1) is 12.8 Å². The van der Waals surface area contributed by atoms with Crippen LogP contribution in [-0.4, -0.2) is 48.9 Å². The largest absolute Gasteiger partial charge is 0.462 e. The highest BCUT2D eigenvalue weighted by molar-refractivity contribution is 7.89. The summed E-state index contributed by atoms with van der Waals surface area (Å²) < 4.78 is 33.7. The summed E-state index contributed by atoms with van der Waals surface area (Å²) in [5.74, 6) is -1.11. The van der Waals surface area contributed by atoms with Crippen molar-refractivity contribution in [3.05, 3.63) is 44.7 Å². The van der Waals surface area contributed by atoms with Gasteiger partial charge in [-0.05, 0) is 51.0 Å². The zero-order chi connectivity index (χ0) is 22.8. The maximum Gasteiger partial charge on any atom is 0.350 e. The molecule has 0 spiro atoms. The Bertz CT molecular complexity index is 1140. The minimum atomic E-state index is -3.63. The van der Waals surface area contributed by atoms with Gasteiger partial charge in [0.15, 0.2) is 4.80 Å². The van der Waals surface area contributed by atoms with E-state index in [1.807, 2.05) is 0 Å². The molecule has 0 aliphatic carbocycles. The number of ether oxygens (including phenoxy) is 1. The Labute approximate surface area is 190 Å². The summed E-state index contributed by atoms with van der Waals surface area (Å²) in [7, 11) is -1.89. The molecule has 1 aliphatic rings. The van der Waals surface area contributed by atoms with E-state index in [0.717, 1.165) is 11.3 Å². The molecule has 0 unspecified atom stereocenters. The Morgan fingerprint density at radius 3 is 2.42 bits per heavy atom. The van der Waals surface area contributed by atoms with Crippen LogP contribution in [0.4, 0.5) is 0 Å². The van der Waals surface area contributed by atoms with Gasteiger partial charge in [0.2, 0.25) is 10.0 Å². The number of esters is 1. The number of carbonyl (C=O) groups is 2. The van der Waals surface area contributed by atoms with Crippen molar-refractivity contribution in [2.24, 2.45) is 18.0 Å². The lowest BCUT2D eigenvalue weighted by Gasteiger charge is -2.29. The lowest BCUT2D eigenvalue weighted by molar-refractivity contribution is -0.122. The molecule has 1 aromatic carbocycles. The highest BCUT2D eigenvalue weighted by atomic mass is 35.5. The molecule has 2 aromatic rings. The van der Waals surface area contributed by atoms with Crippen LogP contribution in [0.3, 0.4) is 0 Å². The maximum absolute atomic E-state index is 12.8. The summed E-state index contributed by atoms with van der Waals surface area (Å²) in [6, 6.07) is 6.03. The number of sulfonamides is 1. The first-order valence-electron chi connectivity index (χ1n) is 9.83. The van der Waals surface area contributed by atoms with Gasteiger partial charge in [0, 0.05) is 36.8 Å². The van der Waals surface area contributed by atoms with Crippen molar-refractivity contribution in [1.29, 1.82) is 0 Å². The quantitative estimate of drug-likeness (QED) is 0.606. The number of amides is 1. The molecular weight excluding hydrogens is 462 g/mol. The smallest absolute Gasteiger partial charge is 0.350 e. The van der Waals surface area contributed by atoms with E-state index in [2.05, 4.69) is 4.99 Å². The molecule has 2 heterocycles. The van der Waals surface area contributed by atoms with Crippen LogP contribution in [0.15, 0.2) is 34.2 Å². The number of aromatic nitrogens is 1. The molecule has 0 atom stereocenters. The average Bonchev–Trinajstić information content (AvgIpc) is 3.03. The number of piperidine rings is 1. The summed E-state index contributed by atoms with van der Waals surface area (Å²) >= 11 is 6.95. The first-order valence-corrected chi connectivity index (χ1v) is 12.5. The van der Waals surface area contributed by atoms with Crippen molar-refractivity contribution in [3.8, 4) is 0 Å².